The molecule has 1 aliphatic heterocycles. The maximum absolute atomic E-state index is 12.8. The minimum Gasteiger partial charge on any atom is -0.371 e. The Labute approximate surface area is 173 Å². The van der Waals surface area contributed by atoms with Crippen molar-refractivity contribution in [3.63, 3.8) is 0 Å². The van der Waals surface area contributed by atoms with Crippen molar-refractivity contribution in [2.75, 3.05) is 23.3 Å². The number of rotatable bonds is 5. The van der Waals surface area contributed by atoms with Crippen molar-refractivity contribution in [3.8, 4) is 0 Å². The second kappa shape index (κ2) is 8.35. The number of hydrogen-bond acceptors (Lipinski definition) is 3. The minimum absolute atomic E-state index is 0.0529. The SMILES string of the molecule is O=C(Nc1ccc(N2CCCCC2)c(C(=O)NC2CC2)c1)c1ccc(Br)cc1. The largest absolute Gasteiger partial charge is 0.371 e. The number of piperidine rings is 1. The minimum atomic E-state index is -0.188. The van der Waals surface area contributed by atoms with E-state index in [4.69, 9.17) is 0 Å². The predicted molar refractivity (Wildman–Crippen MR) is 115 cm³/mol. The van der Waals surface area contributed by atoms with E-state index in [0.717, 1.165) is 48.9 Å². The quantitative estimate of drug-likeness (QED) is 0.713. The Bertz CT molecular complexity index is 872. The van der Waals surface area contributed by atoms with Gasteiger partial charge >= 0.3 is 0 Å². The van der Waals surface area contributed by atoms with E-state index in [1.165, 1.54) is 6.42 Å². The number of halogens is 1. The lowest BCUT2D eigenvalue weighted by molar-refractivity contribution is 0.0950. The Morgan fingerprint density at radius 3 is 2.32 bits per heavy atom. The van der Waals surface area contributed by atoms with Gasteiger partial charge in [0.15, 0.2) is 0 Å². The van der Waals surface area contributed by atoms with Gasteiger partial charge in [0.1, 0.15) is 0 Å². The normalized spacial score (nSPS) is 16.5. The van der Waals surface area contributed by atoms with Crippen LogP contribution in [-0.2, 0) is 0 Å². The lowest BCUT2D eigenvalue weighted by Gasteiger charge is -2.30. The smallest absolute Gasteiger partial charge is 0.255 e. The maximum Gasteiger partial charge on any atom is 0.255 e. The number of carbonyl (C=O) groups is 2. The molecule has 5 nitrogen and oxygen atoms in total. The molecule has 1 saturated heterocycles. The highest BCUT2D eigenvalue weighted by Crippen LogP contribution is 2.29. The van der Waals surface area contributed by atoms with Crippen LogP contribution < -0.4 is 15.5 Å². The Hall–Kier alpha value is -2.34. The summed E-state index contributed by atoms with van der Waals surface area (Å²) in [5.41, 5.74) is 2.81. The van der Waals surface area contributed by atoms with E-state index in [1.54, 1.807) is 18.2 Å². The van der Waals surface area contributed by atoms with Crippen molar-refractivity contribution in [1.29, 1.82) is 0 Å². The molecule has 2 amide bonds. The topological polar surface area (TPSA) is 61.4 Å². The van der Waals surface area contributed by atoms with Crippen molar-refractivity contribution in [2.45, 2.75) is 38.1 Å². The number of nitrogens with zero attached hydrogens (tertiary/aromatic N) is 1. The van der Waals surface area contributed by atoms with Gasteiger partial charge < -0.3 is 15.5 Å². The Balaban J connectivity index is 1.58. The van der Waals surface area contributed by atoms with Crippen LogP contribution in [-0.4, -0.2) is 30.9 Å². The molecular weight excluding hydrogens is 418 g/mol. The molecule has 1 heterocycles. The zero-order valence-corrected chi connectivity index (χ0v) is 17.3. The lowest BCUT2D eigenvalue weighted by atomic mass is 10.1. The summed E-state index contributed by atoms with van der Waals surface area (Å²) in [6.07, 6.45) is 5.62. The van der Waals surface area contributed by atoms with E-state index < -0.39 is 0 Å². The van der Waals surface area contributed by atoms with Crippen LogP contribution in [0.2, 0.25) is 0 Å². The van der Waals surface area contributed by atoms with Crippen LogP contribution >= 0.6 is 15.9 Å². The number of benzene rings is 2. The van der Waals surface area contributed by atoms with Crippen molar-refractivity contribution in [2.24, 2.45) is 0 Å². The van der Waals surface area contributed by atoms with Crippen molar-refractivity contribution in [3.05, 3.63) is 58.1 Å². The molecule has 0 spiro atoms. The van der Waals surface area contributed by atoms with Crippen molar-refractivity contribution in [1.82, 2.24) is 5.32 Å². The summed E-state index contributed by atoms with van der Waals surface area (Å²) in [5.74, 6) is -0.241. The highest BCUT2D eigenvalue weighted by Gasteiger charge is 2.26. The molecule has 2 aromatic rings. The molecule has 0 bridgehead atoms. The molecule has 1 saturated carbocycles. The average molecular weight is 442 g/mol. The lowest BCUT2D eigenvalue weighted by Crippen LogP contribution is -2.33. The monoisotopic (exact) mass is 441 g/mol. The van der Waals surface area contributed by atoms with E-state index in [1.807, 2.05) is 24.3 Å². The number of nitrogens with one attached hydrogen (secondary N) is 2. The fraction of sp³-hybridized carbons (Fsp3) is 0.364. The van der Waals surface area contributed by atoms with E-state index in [2.05, 4.69) is 31.5 Å². The summed E-state index contributed by atoms with van der Waals surface area (Å²) in [6, 6.07) is 13.1. The van der Waals surface area contributed by atoms with E-state index in [0.29, 0.717) is 22.9 Å². The fourth-order valence-electron chi connectivity index (χ4n) is 3.50. The second-order valence-corrected chi connectivity index (χ2v) is 8.40. The van der Waals surface area contributed by atoms with Crippen molar-refractivity contribution >= 4 is 39.1 Å². The molecule has 2 aliphatic rings. The van der Waals surface area contributed by atoms with Gasteiger partial charge in [0.25, 0.3) is 11.8 Å². The number of hydrogen-bond donors (Lipinski definition) is 2. The average Bonchev–Trinajstić information content (AvgIpc) is 3.53. The first kappa shape index (κ1) is 19.0. The van der Waals surface area contributed by atoms with Gasteiger partial charge in [-0.15, -0.1) is 0 Å². The summed E-state index contributed by atoms with van der Waals surface area (Å²) in [4.78, 5) is 27.7. The van der Waals surface area contributed by atoms with Crippen LogP contribution in [0.15, 0.2) is 46.9 Å². The van der Waals surface area contributed by atoms with Gasteiger partial charge in [0.05, 0.1) is 5.56 Å². The number of anilines is 2. The highest BCUT2D eigenvalue weighted by atomic mass is 79.9. The molecule has 1 aliphatic carbocycles. The second-order valence-electron chi connectivity index (χ2n) is 7.49. The van der Waals surface area contributed by atoms with Crippen LogP contribution in [0.5, 0.6) is 0 Å². The first-order valence-corrected chi connectivity index (χ1v) is 10.7. The third-order valence-electron chi connectivity index (χ3n) is 5.21. The van der Waals surface area contributed by atoms with Crippen LogP contribution in [0.25, 0.3) is 0 Å². The number of carbonyl (C=O) groups excluding carboxylic acids is 2. The molecule has 0 aromatic heterocycles. The van der Waals surface area contributed by atoms with E-state index >= 15 is 0 Å². The van der Waals surface area contributed by atoms with Crippen LogP contribution in [0.3, 0.4) is 0 Å². The summed E-state index contributed by atoms with van der Waals surface area (Å²) in [7, 11) is 0. The number of amides is 2. The third kappa shape index (κ3) is 4.55. The van der Waals surface area contributed by atoms with E-state index in [9.17, 15) is 9.59 Å². The molecule has 4 rings (SSSR count). The summed E-state index contributed by atoms with van der Waals surface area (Å²) in [6.45, 7) is 1.93. The maximum atomic E-state index is 12.8. The van der Waals surface area contributed by atoms with Crippen LogP contribution in [0.1, 0.15) is 52.8 Å². The first-order valence-electron chi connectivity index (χ1n) is 9.87. The molecule has 28 heavy (non-hydrogen) atoms. The van der Waals surface area contributed by atoms with Gasteiger partial charge in [-0.05, 0) is 74.6 Å². The standard InChI is InChI=1S/C22H24BrN3O2/c23-16-6-4-15(5-7-16)21(27)25-18-10-11-20(26-12-2-1-3-13-26)19(14-18)22(28)24-17-8-9-17/h4-7,10-11,14,17H,1-3,8-9,12-13H2,(H,24,28)(H,25,27). The molecule has 0 unspecified atom stereocenters. The molecule has 2 N–H and O–H groups in total. The van der Waals surface area contributed by atoms with Crippen molar-refractivity contribution < 1.29 is 9.59 Å². The van der Waals surface area contributed by atoms with Gasteiger partial charge in [-0.25, -0.2) is 0 Å². The Morgan fingerprint density at radius 1 is 0.929 bits per heavy atom. The van der Waals surface area contributed by atoms with Crippen LogP contribution in [0.4, 0.5) is 11.4 Å². The van der Waals surface area contributed by atoms with Crippen LogP contribution in [0, 0.1) is 0 Å². The molecular formula is C22H24BrN3O2. The molecule has 6 heteroatoms. The summed E-state index contributed by atoms with van der Waals surface area (Å²) >= 11 is 3.38. The zero-order chi connectivity index (χ0) is 19.5. The molecule has 0 atom stereocenters. The fourth-order valence-corrected chi connectivity index (χ4v) is 3.77. The third-order valence-corrected chi connectivity index (χ3v) is 5.74. The van der Waals surface area contributed by atoms with E-state index in [-0.39, 0.29) is 11.8 Å². The van der Waals surface area contributed by atoms with Gasteiger partial charge in [-0.2, -0.15) is 0 Å². The van der Waals surface area contributed by atoms with Gasteiger partial charge in [0.2, 0.25) is 0 Å². The predicted octanol–water partition coefficient (Wildman–Crippen LogP) is 4.58. The zero-order valence-electron chi connectivity index (χ0n) is 15.7. The highest BCUT2D eigenvalue weighted by molar-refractivity contribution is 9.10. The molecule has 2 aromatic carbocycles. The van der Waals surface area contributed by atoms with Gasteiger partial charge in [-0.1, -0.05) is 15.9 Å². The molecule has 0 radical (unpaired) electrons. The Morgan fingerprint density at radius 2 is 1.64 bits per heavy atom. The van der Waals surface area contributed by atoms with Gasteiger partial charge in [-0.3, -0.25) is 9.59 Å². The molecule has 2 fully saturated rings. The first-order chi connectivity index (χ1) is 13.6. The summed E-state index contributed by atoms with van der Waals surface area (Å²) < 4.78 is 0.925. The van der Waals surface area contributed by atoms with Gasteiger partial charge in [0, 0.05) is 40.5 Å². The Kier molecular flexibility index (Phi) is 5.67. The molecule has 146 valence electrons. The summed E-state index contributed by atoms with van der Waals surface area (Å²) in [5, 5.41) is 6.00.